The van der Waals surface area contributed by atoms with Crippen molar-refractivity contribution < 1.29 is 9.84 Å². The zero-order valence-electron chi connectivity index (χ0n) is 14.0. The first-order chi connectivity index (χ1) is 9.98. The van der Waals surface area contributed by atoms with E-state index in [1.54, 1.807) is 0 Å². The molecule has 1 unspecified atom stereocenters. The van der Waals surface area contributed by atoms with Crippen molar-refractivity contribution in [3.63, 3.8) is 0 Å². The summed E-state index contributed by atoms with van der Waals surface area (Å²) in [7, 11) is 0. The van der Waals surface area contributed by atoms with E-state index in [4.69, 9.17) is 4.74 Å². The molecule has 0 spiro atoms. The molecule has 0 saturated heterocycles. The highest BCUT2D eigenvalue weighted by Gasteiger charge is 2.42. The van der Waals surface area contributed by atoms with E-state index in [-0.39, 0.29) is 5.41 Å². The molecule has 1 aliphatic carbocycles. The third-order valence-electron chi connectivity index (χ3n) is 4.75. The first-order valence-corrected chi connectivity index (χ1v) is 8.40. The number of ether oxygens (including phenoxy) is 1. The second kappa shape index (κ2) is 6.83. The van der Waals surface area contributed by atoms with Gasteiger partial charge in [-0.3, -0.25) is 0 Å². The number of aliphatic hydroxyl groups excluding tert-OH is 1. The van der Waals surface area contributed by atoms with Gasteiger partial charge in [-0.15, -0.1) is 0 Å². The smallest absolute Gasteiger partial charge is 0.125 e. The van der Waals surface area contributed by atoms with Gasteiger partial charge in [-0.25, -0.2) is 0 Å². The molecule has 0 heterocycles. The van der Waals surface area contributed by atoms with Crippen molar-refractivity contribution in [1.82, 2.24) is 0 Å². The van der Waals surface area contributed by atoms with Crippen LogP contribution in [0.5, 0.6) is 5.75 Å². The second-order valence-electron chi connectivity index (χ2n) is 7.04. The van der Waals surface area contributed by atoms with Crippen LogP contribution < -0.4 is 4.74 Å². The lowest BCUT2D eigenvalue weighted by Crippen LogP contribution is -2.28. The van der Waals surface area contributed by atoms with Crippen LogP contribution in [0.3, 0.4) is 0 Å². The maximum absolute atomic E-state index is 11.2. The van der Waals surface area contributed by atoms with Gasteiger partial charge < -0.3 is 9.84 Å². The Kier molecular flexibility index (Phi) is 5.32. The Labute approximate surface area is 129 Å². The van der Waals surface area contributed by atoms with Gasteiger partial charge in [0.25, 0.3) is 0 Å². The van der Waals surface area contributed by atoms with Crippen molar-refractivity contribution in [2.24, 2.45) is 11.3 Å². The minimum Gasteiger partial charge on any atom is -0.493 e. The third-order valence-corrected chi connectivity index (χ3v) is 4.75. The van der Waals surface area contributed by atoms with Crippen molar-refractivity contribution in [2.75, 3.05) is 6.61 Å². The van der Waals surface area contributed by atoms with Gasteiger partial charge in [0.2, 0.25) is 0 Å². The average Bonchev–Trinajstić information content (AvgIpc) is 2.89. The van der Waals surface area contributed by atoms with Gasteiger partial charge in [0.05, 0.1) is 12.7 Å². The average molecular weight is 290 g/mol. The Morgan fingerprint density at radius 2 is 1.90 bits per heavy atom. The van der Waals surface area contributed by atoms with Crippen molar-refractivity contribution in [3.8, 4) is 5.75 Å². The Bertz CT molecular complexity index is 459. The van der Waals surface area contributed by atoms with E-state index in [2.05, 4.69) is 32.9 Å². The minimum absolute atomic E-state index is 0.0355. The molecule has 0 aliphatic heterocycles. The minimum atomic E-state index is -0.413. The number of hydrogen-bond donors (Lipinski definition) is 1. The number of rotatable bonds is 6. The molecule has 21 heavy (non-hydrogen) atoms. The molecule has 2 rings (SSSR count). The summed E-state index contributed by atoms with van der Waals surface area (Å²) in [6.07, 6.45) is 5.41. The summed E-state index contributed by atoms with van der Waals surface area (Å²) in [5.41, 5.74) is 2.21. The first kappa shape index (κ1) is 16.4. The lowest BCUT2D eigenvalue weighted by Gasteiger charge is -2.37. The number of aryl methyl sites for hydroxylation is 1. The normalized spacial score (nSPS) is 19.0. The van der Waals surface area contributed by atoms with E-state index in [0.29, 0.717) is 12.5 Å². The van der Waals surface area contributed by atoms with Crippen molar-refractivity contribution in [3.05, 3.63) is 29.3 Å². The summed E-state index contributed by atoms with van der Waals surface area (Å²) in [4.78, 5) is 0. The molecule has 0 aromatic heterocycles. The van der Waals surface area contributed by atoms with Crippen LogP contribution in [0.1, 0.15) is 70.1 Å². The van der Waals surface area contributed by atoms with Crippen LogP contribution in [0.4, 0.5) is 0 Å². The van der Waals surface area contributed by atoms with E-state index in [9.17, 15) is 5.11 Å². The molecule has 1 aliphatic rings. The Morgan fingerprint density at radius 3 is 2.48 bits per heavy atom. The Balaban J connectivity index is 2.36. The largest absolute Gasteiger partial charge is 0.493 e. The molecule has 1 atom stereocenters. The van der Waals surface area contributed by atoms with Crippen LogP contribution in [-0.4, -0.2) is 11.7 Å². The van der Waals surface area contributed by atoms with Crippen molar-refractivity contribution >= 4 is 0 Å². The van der Waals surface area contributed by atoms with Crippen LogP contribution in [0.25, 0.3) is 0 Å². The molecule has 1 fully saturated rings. The monoisotopic (exact) mass is 290 g/mol. The van der Waals surface area contributed by atoms with Gasteiger partial charge in [0, 0.05) is 11.0 Å². The summed E-state index contributed by atoms with van der Waals surface area (Å²) < 4.78 is 5.76. The van der Waals surface area contributed by atoms with E-state index >= 15 is 0 Å². The Morgan fingerprint density at radius 1 is 1.24 bits per heavy atom. The number of aliphatic hydroxyl groups is 1. The predicted molar refractivity (Wildman–Crippen MR) is 87.7 cm³/mol. The molecular weight excluding hydrogens is 260 g/mol. The summed E-state index contributed by atoms with van der Waals surface area (Å²) in [6, 6.07) is 6.18. The highest BCUT2D eigenvalue weighted by molar-refractivity contribution is 5.39. The predicted octanol–water partition coefficient (Wildman–Crippen LogP) is 5.03. The number of benzene rings is 1. The SMILES string of the molecule is CCOc1ccc(C)cc1C(O)C1(CC(C)C)CCCC1. The Hall–Kier alpha value is -1.02. The van der Waals surface area contributed by atoms with Crippen molar-refractivity contribution in [1.29, 1.82) is 0 Å². The topological polar surface area (TPSA) is 29.5 Å². The first-order valence-electron chi connectivity index (χ1n) is 8.40. The molecule has 1 aromatic rings. The summed E-state index contributed by atoms with van der Waals surface area (Å²) in [5, 5.41) is 11.2. The highest BCUT2D eigenvalue weighted by atomic mass is 16.5. The number of hydrogen-bond acceptors (Lipinski definition) is 2. The maximum atomic E-state index is 11.2. The van der Waals surface area contributed by atoms with Crippen LogP contribution in [0.15, 0.2) is 18.2 Å². The van der Waals surface area contributed by atoms with Crippen LogP contribution >= 0.6 is 0 Å². The second-order valence-corrected chi connectivity index (χ2v) is 7.04. The maximum Gasteiger partial charge on any atom is 0.125 e. The lowest BCUT2D eigenvalue weighted by molar-refractivity contribution is 0.00930. The summed E-state index contributed by atoms with van der Waals surface area (Å²) >= 11 is 0. The fourth-order valence-electron chi connectivity index (χ4n) is 3.98. The highest BCUT2D eigenvalue weighted by Crippen LogP contribution is 2.53. The molecule has 1 aromatic carbocycles. The summed E-state index contributed by atoms with van der Waals surface area (Å²) in [6.45, 7) is 9.23. The fraction of sp³-hybridized carbons (Fsp3) is 0.684. The molecule has 2 heteroatoms. The van der Waals surface area contributed by atoms with E-state index in [1.165, 1.54) is 18.4 Å². The third kappa shape index (κ3) is 3.60. The van der Waals surface area contributed by atoms with Gasteiger partial charge in [-0.05, 0) is 51.2 Å². The quantitative estimate of drug-likeness (QED) is 0.796. The molecule has 118 valence electrons. The van der Waals surface area contributed by atoms with Gasteiger partial charge in [0.15, 0.2) is 0 Å². The van der Waals surface area contributed by atoms with Gasteiger partial charge >= 0.3 is 0 Å². The fourth-order valence-corrected chi connectivity index (χ4v) is 3.98. The van der Waals surface area contributed by atoms with Gasteiger partial charge in [-0.1, -0.05) is 38.3 Å². The molecule has 1 N–H and O–H groups in total. The van der Waals surface area contributed by atoms with Crippen LogP contribution in [0.2, 0.25) is 0 Å². The van der Waals surface area contributed by atoms with Gasteiger partial charge in [0.1, 0.15) is 5.75 Å². The van der Waals surface area contributed by atoms with Crippen LogP contribution in [0, 0.1) is 18.3 Å². The van der Waals surface area contributed by atoms with Crippen molar-refractivity contribution in [2.45, 2.75) is 65.9 Å². The van der Waals surface area contributed by atoms with Gasteiger partial charge in [-0.2, -0.15) is 0 Å². The van der Waals surface area contributed by atoms with E-state index < -0.39 is 6.10 Å². The standard InChI is InChI=1S/C19H30O2/c1-5-21-17-9-8-15(4)12-16(17)18(20)19(13-14(2)3)10-6-7-11-19/h8-9,12,14,18,20H,5-7,10-11,13H2,1-4H3. The summed E-state index contributed by atoms with van der Waals surface area (Å²) in [5.74, 6) is 1.46. The molecule has 0 radical (unpaired) electrons. The van der Waals surface area contributed by atoms with Crippen LogP contribution in [-0.2, 0) is 0 Å². The molecule has 0 amide bonds. The zero-order valence-corrected chi connectivity index (χ0v) is 14.0. The van der Waals surface area contributed by atoms with E-state index in [1.807, 2.05) is 13.0 Å². The molecule has 1 saturated carbocycles. The molecule has 0 bridgehead atoms. The zero-order chi connectivity index (χ0) is 15.5. The molecule has 2 nitrogen and oxygen atoms in total. The van der Waals surface area contributed by atoms with E-state index in [0.717, 1.165) is 30.6 Å². The lowest BCUT2D eigenvalue weighted by atomic mass is 9.71. The molecular formula is C19H30O2.